The zero-order chi connectivity index (χ0) is 19.9. The fourth-order valence-corrected chi connectivity index (χ4v) is 3.10. The molecule has 0 unspecified atom stereocenters. The summed E-state index contributed by atoms with van der Waals surface area (Å²) in [5.41, 5.74) is 4.38. The van der Waals surface area contributed by atoms with Crippen molar-refractivity contribution in [3.05, 3.63) is 96.3 Å². The summed E-state index contributed by atoms with van der Waals surface area (Å²) in [6.45, 7) is 2.79. The molecule has 29 heavy (non-hydrogen) atoms. The van der Waals surface area contributed by atoms with Crippen LogP contribution in [0.25, 0.3) is 11.4 Å². The van der Waals surface area contributed by atoms with E-state index in [4.69, 9.17) is 9.97 Å². The van der Waals surface area contributed by atoms with Crippen molar-refractivity contribution < 1.29 is 0 Å². The number of nitrogens with zero attached hydrogens (tertiary/aromatic N) is 3. The Labute approximate surface area is 170 Å². The predicted octanol–water partition coefficient (Wildman–Crippen LogP) is 5.46. The molecular formula is C24H23N5. The van der Waals surface area contributed by atoms with E-state index in [2.05, 4.69) is 40.7 Å². The summed E-state index contributed by atoms with van der Waals surface area (Å²) in [5.74, 6) is 2.20. The average Bonchev–Trinajstić information content (AvgIpc) is 2.79. The first-order valence-corrected chi connectivity index (χ1v) is 9.74. The summed E-state index contributed by atoms with van der Waals surface area (Å²) < 4.78 is 0. The standard InChI is InChI=1S/C24H23N5/c1-2-19-10-6-7-13-21(19)27-23-15-22(26-17-18-9-8-14-25-16-18)28-24(29-23)20-11-4-3-5-12-20/h3-16H,2,17H2,1H3,(H2,26,27,28,29). The van der Waals surface area contributed by atoms with E-state index < -0.39 is 0 Å². The van der Waals surface area contributed by atoms with Gasteiger partial charge in [-0.25, -0.2) is 9.97 Å². The first kappa shape index (κ1) is 18.6. The van der Waals surface area contributed by atoms with Gasteiger partial charge in [0.2, 0.25) is 0 Å². The molecule has 0 spiro atoms. The topological polar surface area (TPSA) is 62.7 Å². The molecule has 2 heterocycles. The number of pyridine rings is 1. The maximum Gasteiger partial charge on any atom is 0.163 e. The second kappa shape index (κ2) is 8.97. The zero-order valence-corrected chi connectivity index (χ0v) is 16.3. The van der Waals surface area contributed by atoms with Crippen LogP contribution in [0.3, 0.4) is 0 Å². The monoisotopic (exact) mass is 381 g/mol. The third-order valence-corrected chi connectivity index (χ3v) is 4.62. The highest BCUT2D eigenvalue weighted by atomic mass is 15.1. The molecule has 0 radical (unpaired) electrons. The first-order chi connectivity index (χ1) is 14.3. The van der Waals surface area contributed by atoms with Gasteiger partial charge in [0, 0.05) is 36.3 Å². The molecule has 0 amide bonds. The number of aromatic nitrogens is 3. The Morgan fingerprint density at radius 2 is 1.62 bits per heavy atom. The summed E-state index contributed by atoms with van der Waals surface area (Å²) in [7, 11) is 0. The van der Waals surface area contributed by atoms with Crippen molar-refractivity contribution in [3.63, 3.8) is 0 Å². The predicted molar refractivity (Wildman–Crippen MR) is 118 cm³/mol. The summed E-state index contributed by atoms with van der Waals surface area (Å²) in [5, 5.41) is 6.86. The Morgan fingerprint density at radius 1 is 0.828 bits per heavy atom. The third-order valence-electron chi connectivity index (χ3n) is 4.62. The van der Waals surface area contributed by atoms with E-state index in [9.17, 15) is 0 Å². The third kappa shape index (κ3) is 4.76. The number of aryl methyl sites for hydroxylation is 1. The van der Waals surface area contributed by atoms with Crippen LogP contribution in [-0.4, -0.2) is 15.0 Å². The molecule has 4 rings (SSSR count). The van der Waals surface area contributed by atoms with Gasteiger partial charge >= 0.3 is 0 Å². The van der Waals surface area contributed by atoms with E-state index in [1.165, 1.54) is 5.56 Å². The number of nitrogens with one attached hydrogen (secondary N) is 2. The van der Waals surface area contributed by atoms with Crippen molar-refractivity contribution in [1.29, 1.82) is 0 Å². The van der Waals surface area contributed by atoms with Crippen LogP contribution < -0.4 is 10.6 Å². The molecule has 5 nitrogen and oxygen atoms in total. The highest BCUT2D eigenvalue weighted by molar-refractivity contribution is 5.66. The SMILES string of the molecule is CCc1ccccc1Nc1cc(NCc2cccnc2)nc(-c2ccccc2)n1. The molecule has 144 valence electrons. The van der Waals surface area contributed by atoms with Crippen molar-refractivity contribution in [1.82, 2.24) is 15.0 Å². The van der Waals surface area contributed by atoms with Crippen LogP contribution in [0.15, 0.2) is 85.2 Å². The number of benzene rings is 2. The van der Waals surface area contributed by atoms with Gasteiger partial charge in [0.25, 0.3) is 0 Å². The molecule has 0 aliphatic carbocycles. The normalized spacial score (nSPS) is 10.5. The van der Waals surface area contributed by atoms with Gasteiger partial charge in [-0.3, -0.25) is 4.98 Å². The molecule has 4 aromatic rings. The van der Waals surface area contributed by atoms with Gasteiger partial charge < -0.3 is 10.6 Å². The van der Waals surface area contributed by atoms with Crippen LogP contribution in [0.5, 0.6) is 0 Å². The van der Waals surface area contributed by atoms with Crippen LogP contribution in [0.4, 0.5) is 17.3 Å². The molecule has 0 bridgehead atoms. The van der Waals surface area contributed by atoms with Crippen LogP contribution in [-0.2, 0) is 13.0 Å². The van der Waals surface area contributed by atoms with Crippen LogP contribution in [0, 0.1) is 0 Å². The largest absolute Gasteiger partial charge is 0.366 e. The molecule has 0 fully saturated rings. The van der Waals surface area contributed by atoms with E-state index in [-0.39, 0.29) is 0 Å². The van der Waals surface area contributed by atoms with Crippen molar-refractivity contribution in [2.24, 2.45) is 0 Å². The molecule has 2 aromatic heterocycles. The number of hydrogen-bond donors (Lipinski definition) is 2. The maximum absolute atomic E-state index is 4.75. The molecule has 2 N–H and O–H groups in total. The highest BCUT2D eigenvalue weighted by Gasteiger charge is 2.09. The minimum Gasteiger partial charge on any atom is -0.366 e. The summed E-state index contributed by atoms with van der Waals surface area (Å²) >= 11 is 0. The summed E-state index contributed by atoms with van der Waals surface area (Å²) in [4.78, 5) is 13.6. The maximum atomic E-state index is 4.75. The molecule has 0 saturated carbocycles. The Morgan fingerprint density at radius 3 is 2.41 bits per heavy atom. The van der Waals surface area contributed by atoms with Gasteiger partial charge in [0.05, 0.1) is 0 Å². The summed E-state index contributed by atoms with van der Waals surface area (Å²) in [6.07, 6.45) is 4.57. The Kier molecular flexibility index (Phi) is 5.76. The van der Waals surface area contributed by atoms with E-state index in [1.54, 1.807) is 6.20 Å². The lowest BCUT2D eigenvalue weighted by molar-refractivity contribution is 1.07. The molecule has 0 aliphatic heterocycles. The van der Waals surface area contributed by atoms with Crippen LogP contribution in [0.1, 0.15) is 18.1 Å². The van der Waals surface area contributed by atoms with Crippen molar-refractivity contribution in [2.75, 3.05) is 10.6 Å². The number of anilines is 3. The van der Waals surface area contributed by atoms with E-state index in [1.807, 2.05) is 60.8 Å². The van der Waals surface area contributed by atoms with Gasteiger partial charge in [0.15, 0.2) is 5.82 Å². The Hall–Kier alpha value is -3.73. The second-order valence-corrected chi connectivity index (χ2v) is 6.68. The first-order valence-electron chi connectivity index (χ1n) is 9.74. The van der Waals surface area contributed by atoms with Gasteiger partial charge in [0.1, 0.15) is 11.6 Å². The zero-order valence-electron chi connectivity index (χ0n) is 16.3. The van der Waals surface area contributed by atoms with Crippen molar-refractivity contribution in [2.45, 2.75) is 19.9 Å². The van der Waals surface area contributed by atoms with Crippen LogP contribution in [0.2, 0.25) is 0 Å². The second-order valence-electron chi connectivity index (χ2n) is 6.68. The van der Waals surface area contributed by atoms with Crippen LogP contribution >= 0.6 is 0 Å². The van der Waals surface area contributed by atoms with Gasteiger partial charge in [-0.15, -0.1) is 0 Å². The molecular weight excluding hydrogens is 358 g/mol. The Bertz CT molecular complexity index is 1060. The molecule has 0 atom stereocenters. The van der Waals surface area contributed by atoms with Gasteiger partial charge in [-0.2, -0.15) is 0 Å². The Balaban J connectivity index is 1.66. The number of para-hydroxylation sites is 1. The van der Waals surface area contributed by atoms with Gasteiger partial charge in [-0.1, -0.05) is 61.5 Å². The van der Waals surface area contributed by atoms with Crippen molar-refractivity contribution >= 4 is 17.3 Å². The quantitative estimate of drug-likeness (QED) is 0.445. The lowest BCUT2D eigenvalue weighted by Crippen LogP contribution is -2.06. The fraction of sp³-hybridized carbons (Fsp3) is 0.125. The van der Waals surface area contributed by atoms with Crippen molar-refractivity contribution in [3.8, 4) is 11.4 Å². The van der Waals surface area contributed by atoms with Gasteiger partial charge in [-0.05, 0) is 29.7 Å². The minimum atomic E-state index is 0.643. The molecule has 0 aliphatic rings. The molecule has 5 heteroatoms. The number of hydrogen-bond acceptors (Lipinski definition) is 5. The lowest BCUT2D eigenvalue weighted by Gasteiger charge is -2.13. The number of rotatable bonds is 7. The molecule has 2 aromatic carbocycles. The smallest absolute Gasteiger partial charge is 0.163 e. The molecule has 0 saturated heterocycles. The van der Waals surface area contributed by atoms with E-state index in [0.717, 1.165) is 34.9 Å². The van der Waals surface area contributed by atoms with E-state index >= 15 is 0 Å². The lowest BCUT2D eigenvalue weighted by atomic mass is 10.1. The van der Waals surface area contributed by atoms with E-state index in [0.29, 0.717) is 12.4 Å². The fourth-order valence-electron chi connectivity index (χ4n) is 3.10. The highest BCUT2D eigenvalue weighted by Crippen LogP contribution is 2.25. The summed E-state index contributed by atoms with van der Waals surface area (Å²) in [6, 6.07) is 24.2. The average molecular weight is 381 g/mol. The minimum absolute atomic E-state index is 0.643.